The van der Waals surface area contributed by atoms with Gasteiger partial charge in [-0.15, -0.1) is 0 Å². The Morgan fingerprint density at radius 1 is 1.71 bits per heavy atom. The molecule has 17 heavy (non-hydrogen) atoms. The molecule has 1 unspecified atom stereocenters. The minimum absolute atomic E-state index is 0.0116. The lowest BCUT2D eigenvalue weighted by Crippen LogP contribution is -2.44. The lowest BCUT2D eigenvalue weighted by molar-refractivity contribution is 0.0684. The van der Waals surface area contributed by atoms with Crippen molar-refractivity contribution in [2.45, 2.75) is 38.8 Å². The molecule has 0 radical (unpaired) electrons. The average molecular weight is 254 g/mol. The highest BCUT2D eigenvalue weighted by Gasteiger charge is 2.25. The molecule has 94 valence electrons. The number of nitrogens with zero attached hydrogens (tertiary/aromatic N) is 3. The van der Waals surface area contributed by atoms with E-state index in [1.807, 2.05) is 18.7 Å². The van der Waals surface area contributed by atoms with Gasteiger partial charge in [0.25, 0.3) is 5.91 Å². The van der Waals surface area contributed by atoms with Gasteiger partial charge in [-0.3, -0.25) is 4.79 Å². The van der Waals surface area contributed by atoms with Crippen LogP contribution >= 0.6 is 11.7 Å². The number of aromatic nitrogens is 2. The van der Waals surface area contributed by atoms with Crippen LogP contribution in [-0.2, 0) is 0 Å². The summed E-state index contributed by atoms with van der Waals surface area (Å²) in [5, 5.41) is 3.41. The second kappa shape index (κ2) is 5.55. The number of hydrogen-bond acceptors (Lipinski definition) is 5. The van der Waals surface area contributed by atoms with Gasteiger partial charge in [0, 0.05) is 18.6 Å². The fourth-order valence-corrected chi connectivity index (χ4v) is 2.49. The van der Waals surface area contributed by atoms with Crippen molar-refractivity contribution in [3.05, 3.63) is 11.9 Å². The van der Waals surface area contributed by atoms with E-state index in [2.05, 4.69) is 14.1 Å². The molecule has 1 fully saturated rings. The van der Waals surface area contributed by atoms with E-state index in [1.54, 1.807) is 6.20 Å². The fourth-order valence-electron chi connectivity index (χ4n) is 2.08. The predicted molar refractivity (Wildman–Crippen MR) is 67.1 cm³/mol. The molecule has 1 aromatic rings. The molecule has 0 saturated carbocycles. The first-order valence-electron chi connectivity index (χ1n) is 6.00. The molecule has 1 aromatic heterocycles. The Balaban J connectivity index is 2.03. The summed E-state index contributed by atoms with van der Waals surface area (Å²) < 4.78 is 7.90. The van der Waals surface area contributed by atoms with Crippen molar-refractivity contribution in [2.24, 2.45) is 0 Å². The third-order valence-corrected chi connectivity index (χ3v) is 3.52. The molecule has 2 heterocycles. The maximum atomic E-state index is 12.2. The molecule has 0 spiro atoms. The van der Waals surface area contributed by atoms with Gasteiger partial charge < -0.3 is 10.2 Å². The van der Waals surface area contributed by atoms with E-state index in [-0.39, 0.29) is 11.9 Å². The van der Waals surface area contributed by atoms with Crippen molar-refractivity contribution >= 4 is 17.6 Å². The van der Waals surface area contributed by atoms with Gasteiger partial charge in [-0.2, -0.15) is 8.75 Å². The molecule has 0 aliphatic carbocycles. The second-order valence-corrected chi connectivity index (χ2v) is 5.19. The van der Waals surface area contributed by atoms with E-state index in [4.69, 9.17) is 0 Å². The number of rotatable bonds is 4. The van der Waals surface area contributed by atoms with Crippen molar-refractivity contribution < 1.29 is 4.79 Å². The summed E-state index contributed by atoms with van der Waals surface area (Å²) in [7, 11) is 0. The van der Waals surface area contributed by atoms with Crippen molar-refractivity contribution in [3.8, 4) is 0 Å². The topological polar surface area (TPSA) is 58.1 Å². The van der Waals surface area contributed by atoms with Gasteiger partial charge in [0.15, 0.2) is 5.69 Å². The number of amides is 1. The Bertz CT molecular complexity index is 360. The minimum Gasteiger partial charge on any atom is -0.333 e. The summed E-state index contributed by atoms with van der Waals surface area (Å²) in [5.41, 5.74) is 0.460. The van der Waals surface area contributed by atoms with Gasteiger partial charge in [-0.25, -0.2) is 0 Å². The summed E-state index contributed by atoms with van der Waals surface area (Å²) in [6, 6.07) is 0.611. The normalized spacial score (nSPS) is 19.8. The van der Waals surface area contributed by atoms with E-state index >= 15 is 0 Å². The number of carbonyl (C=O) groups is 1. The Kier molecular flexibility index (Phi) is 4.06. The monoisotopic (exact) mass is 254 g/mol. The van der Waals surface area contributed by atoms with E-state index in [0.717, 1.165) is 31.2 Å². The second-order valence-electron chi connectivity index (χ2n) is 4.64. The van der Waals surface area contributed by atoms with Crippen LogP contribution in [0, 0.1) is 0 Å². The first kappa shape index (κ1) is 12.4. The minimum atomic E-state index is -0.0116. The van der Waals surface area contributed by atoms with E-state index in [0.29, 0.717) is 11.7 Å². The molecule has 1 N–H and O–H groups in total. The lowest BCUT2D eigenvalue weighted by atomic mass is 10.2. The lowest BCUT2D eigenvalue weighted by Gasteiger charge is -2.28. The van der Waals surface area contributed by atoms with E-state index in [1.165, 1.54) is 6.42 Å². The average Bonchev–Trinajstić information content (AvgIpc) is 2.97. The number of nitrogens with one attached hydrogen (secondary N) is 1. The van der Waals surface area contributed by atoms with Crippen LogP contribution in [0.2, 0.25) is 0 Å². The summed E-state index contributed by atoms with van der Waals surface area (Å²) >= 11 is 1.08. The van der Waals surface area contributed by atoms with Gasteiger partial charge in [0.05, 0.1) is 17.9 Å². The summed E-state index contributed by atoms with van der Waals surface area (Å²) in [6.45, 7) is 5.89. The molecule has 1 aliphatic rings. The number of hydrogen-bond donors (Lipinski definition) is 1. The van der Waals surface area contributed by atoms with Crippen LogP contribution in [0.5, 0.6) is 0 Å². The smallest absolute Gasteiger partial charge is 0.275 e. The Morgan fingerprint density at radius 2 is 2.53 bits per heavy atom. The standard InChI is InChI=1S/C11H18N4OS/c1-8(2)15(7-9-4-3-5-12-9)11(16)10-6-13-17-14-10/h6,8-9,12H,3-5,7H2,1-2H3. The highest BCUT2D eigenvalue weighted by molar-refractivity contribution is 6.99. The van der Waals surface area contributed by atoms with Crippen molar-refractivity contribution in [2.75, 3.05) is 13.1 Å². The molecule has 1 amide bonds. The first-order valence-corrected chi connectivity index (χ1v) is 6.73. The van der Waals surface area contributed by atoms with Gasteiger partial charge >= 0.3 is 0 Å². The molecule has 1 saturated heterocycles. The van der Waals surface area contributed by atoms with Crippen LogP contribution in [0.4, 0.5) is 0 Å². The predicted octanol–water partition coefficient (Wildman–Crippen LogP) is 1.14. The molecule has 1 aliphatic heterocycles. The van der Waals surface area contributed by atoms with Crippen molar-refractivity contribution in [1.29, 1.82) is 0 Å². The molecule has 2 rings (SSSR count). The maximum absolute atomic E-state index is 12.2. The first-order chi connectivity index (χ1) is 8.18. The highest BCUT2D eigenvalue weighted by atomic mass is 32.1. The van der Waals surface area contributed by atoms with E-state index < -0.39 is 0 Å². The summed E-state index contributed by atoms with van der Waals surface area (Å²) in [4.78, 5) is 14.1. The Labute approximate surface area is 106 Å². The Morgan fingerprint density at radius 3 is 3.06 bits per heavy atom. The molecule has 6 heteroatoms. The zero-order chi connectivity index (χ0) is 12.3. The fraction of sp³-hybridized carbons (Fsp3) is 0.727. The summed E-state index contributed by atoms with van der Waals surface area (Å²) in [6.07, 6.45) is 3.89. The van der Waals surface area contributed by atoms with Crippen LogP contribution in [0.25, 0.3) is 0 Å². The van der Waals surface area contributed by atoms with Crippen LogP contribution in [-0.4, -0.2) is 44.7 Å². The van der Waals surface area contributed by atoms with Gasteiger partial charge in [-0.05, 0) is 33.2 Å². The molecule has 0 aromatic carbocycles. The van der Waals surface area contributed by atoms with Crippen LogP contribution < -0.4 is 5.32 Å². The quantitative estimate of drug-likeness (QED) is 0.875. The van der Waals surface area contributed by atoms with Crippen LogP contribution in [0.15, 0.2) is 6.20 Å². The van der Waals surface area contributed by atoms with Gasteiger partial charge in [0.1, 0.15) is 0 Å². The van der Waals surface area contributed by atoms with E-state index in [9.17, 15) is 4.79 Å². The third-order valence-electron chi connectivity index (χ3n) is 3.04. The van der Waals surface area contributed by atoms with Crippen molar-refractivity contribution in [1.82, 2.24) is 19.0 Å². The van der Waals surface area contributed by atoms with Crippen molar-refractivity contribution in [3.63, 3.8) is 0 Å². The summed E-state index contributed by atoms with van der Waals surface area (Å²) in [5.74, 6) is -0.0116. The third kappa shape index (κ3) is 3.01. The van der Waals surface area contributed by atoms with Gasteiger partial charge in [-0.1, -0.05) is 0 Å². The van der Waals surface area contributed by atoms with Crippen LogP contribution in [0.3, 0.4) is 0 Å². The van der Waals surface area contributed by atoms with Gasteiger partial charge in [0.2, 0.25) is 0 Å². The highest BCUT2D eigenvalue weighted by Crippen LogP contribution is 2.12. The molecule has 5 nitrogen and oxygen atoms in total. The van der Waals surface area contributed by atoms with Crippen LogP contribution in [0.1, 0.15) is 37.2 Å². The Hall–Kier alpha value is -1.01. The SMILES string of the molecule is CC(C)N(CC1CCCN1)C(=O)c1cnsn1. The number of carbonyl (C=O) groups excluding carboxylic acids is 1. The molecule has 1 atom stereocenters. The zero-order valence-corrected chi connectivity index (χ0v) is 11.0. The molecular formula is C11H18N4OS. The molecule has 0 bridgehead atoms. The largest absolute Gasteiger partial charge is 0.333 e. The zero-order valence-electron chi connectivity index (χ0n) is 10.2. The maximum Gasteiger partial charge on any atom is 0.275 e. The molecular weight excluding hydrogens is 236 g/mol.